The highest BCUT2D eigenvalue weighted by molar-refractivity contribution is 7.89. The van der Waals surface area contributed by atoms with Gasteiger partial charge in [-0.05, 0) is 67.1 Å². The van der Waals surface area contributed by atoms with Gasteiger partial charge in [-0.25, -0.2) is 8.42 Å². The second kappa shape index (κ2) is 10.7. The van der Waals surface area contributed by atoms with Crippen LogP contribution in [0.15, 0.2) is 59.5 Å². The van der Waals surface area contributed by atoms with Crippen molar-refractivity contribution in [3.63, 3.8) is 0 Å². The number of methoxy groups -OCH3 is 1. The monoisotopic (exact) mass is 526 g/mol. The van der Waals surface area contributed by atoms with E-state index in [1.807, 2.05) is 24.3 Å². The zero-order chi connectivity index (χ0) is 26.7. The van der Waals surface area contributed by atoms with E-state index in [9.17, 15) is 23.1 Å². The van der Waals surface area contributed by atoms with Crippen LogP contribution in [0.1, 0.15) is 29.0 Å². The highest BCUT2D eigenvalue weighted by Crippen LogP contribution is 2.26. The Morgan fingerprint density at radius 3 is 2.11 bits per heavy atom. The average molecular weight is 527 g/mol. The number of benzene rings is 2. The van der Waals surface area contributed by atoms with Crippen LogP contribution < -0.4 is 9.46 Å². The first-order valence-corrected chi connectivity index (χ1v) is 13.4. The van der Waals surface area contributed by atoms with Crippen LogP contribution >= 0.6 is 0 Å². The third-order valence-electron chi connectivity index (χ3n) is 6.66. The van der Waals surface area contributed by atoms with E-state index >= 15 is 0 Å². The minimum Gasteiger partial charge on any atom is -0.497 e. The first-order valence-electron chi connectivity index (χ1n) is 11.9. The summed E-state index contributed by atoms with van der Waals surface area (Å²) in [5, 5.41) is 14.0. The van der Waals surface area contributed by atoms with Gasteiger partial charge in [-0.1, -0.05) is 24.3 Å². The van der Waals surface area contributed by atoms with Crippen LogP contribution in [0.25, 0.3) is 11.1 Å². The molecule has 2 aromatic carbocycles. The molecule has 0 saturated carbocycles. The number of carboxylic acids is 1. The molecule has 0 aliphatic carbocycles. The van der Waals surface area contributed by atoms with E-state index in [0.29, 0.717) is 37.4 Å². The van der Waals surface area contributed by atoms with E-state index in [4.69, 9.17) is 4.74 Å². The molecule has 196 valence electrons. The fourth-order valence-electron chi connectivity index (χ4n) is 4.60. The Morgan fingerprint density at radius 2 is 1.62 bits per heavy atom. The Hall–Kier alpha value is -3.70. The summed E-state index contributed by atoms with van der Waals surface area (Å²) in [6.45, 7) is 2.46. The molecule has 37 heavy (non-hydrogen) atoms. The maximum atomic E-state index is 13.1. The maximum Gasteiger partial charge on any atom is 0.322 e. The molecular weight excluding hydrogens is 496 g/mol. The van der Waals surface area contributed by atoms with Crippen molar-refractivity contribution < 1.29 is 27.9 Å². The zero-order valence-electron chi connectivity index (χ0n) is 20.9. The Labute approximate surface area is 215 Å². The SMILES string of the molecule is COc1ccc(-c2ccc(S(=O)(=O)NC(C(=O)O)C3CCN(C(=O)c4cc(C)nn4C)CC3)cc2)cc1. The fourth-order valence-corrected chi connectivity index (χ4v) is 5.86. The van der Waals surface area contributed by atoms with Crippen molar-refractivity contribution in [1.82, 2.24) is 19.4 Å². The molecule has 1 aliphatic rings. The van der Waals surface area contributed by atoms with Crippen molar-refractivity contribution in [1.29, 1.82) is 0 Å². The lowest BCUT2D eigenvalue weighted by Gasteiger charge is -2.34. The number of piperidine rings is 1. The average Bonchev–Trinajstić information content (AvgIpc) is 3.24. The number of carbonyl (C=O) groups excluding carboxylic acids is 1. The predicted molar refractivity (Wildman–Crippen MR) is 137 cm³/mol. The van der Waals surface area contributed by atoms with Crippen LogP contribution in [-0.2, 0) is 21.9 Å². The van der Waals surface area contributed by atoms with Gasteiger partial charge in [0.05, 0.1) is 17.7 Å². The fraction of sp³-hybridized carbons (Fsp3) is 0.346. The number of aromatic nitrogens is 2. The van der Waals surface area contributed by atoms with Crippen molar-refractivity contribution in [2.75, 3.05) is 20.2 Å². The van der Waals surface area contributed by atoms with Crippen LogP contribution in [0.2, 0.25) is 0 Å². The Morgan fingerprint density at radius 1 is 1.05 bits per heavy atom. The van der Waals surface area contributed by atoms with Crippen molar-refractivity contribution in [2.24, 2.45) is 13.0 Å². The number of aliphatic carboxylic acids is 1. The lowest BCUT2D eigenvalue weighted by molar-refractivity contribution is -0.140. The first-order chi connectivity index (χ1) is 17.6. The van der Waals surface area contributed by atoms with Gasteiger partial charge < -0.3 is 14.7 Å². The minimum atomic E-state index is -4.08. The Balaban J connectivity index is 1.42. The van der Waals surface area contributed by atoms with E-state index in [2.05, 4.69) is 9.82 Å². The molecule has 1 aromatic heterocycles. The van der Waals surface area contributed by atoms with Crippen LogP contribution in [-0.4, -0.2) is 66.3 Å². The van der Waals surface area contributed by atoms with Crippen molar-refractivity contribution in [3.05, 3.63) is 66.0 Å². The summed E-state index contributed by atoms with van der Waals surface area (Å²) in [6, 6.07) is 14.0. The second-order valence-electron chi connectivity index (χ2n) is 9.11. The maximum absolute atomic E-state index is 13.1. The molecule has 1 atom stereocenters. The van der Waals surface area contributed by atoms with Gasteiger partial charge in [0.2, 0.25) is 10.0 Å². The van der Waals surface area contributed by atoms with Crippen molar-refractivity contribution >= 4 is 21.9 Å². The van der Waals surface area contributed by atoms with Gasteiger partial charge in [0.25, 0.3) is 5.91 Å². The molecule has 11 heteroatoms. The molecule has 2 heterocycles. The predicted octanol–water partition coefficient (Wildman–Crippen LogP) is 2.69. The number of carboxylic acid groups (broad SMARTS) is 1. The molecule has 4 rings (SSSR count). The van der Waals surface area contributed by atoms with E-state index in [1.165, 1.54) is 16.8 Å². The number of carbonyl (C=O) groups is 2. The summed E-state index contributed by atoms with van der Waals surface area (Å²) in [5.74, 6) is -1.16. The normalized spacial score (nSPS) is 15.4. The molecule has 1 amide bonds. The number of aryl methyl sites for hydroxylation is 2. The van der Waals surface area contributed by atoms with Gasteiger partial charge in [0.1, 0.15) is 17.5 Å². The summed E-state index contributed by atoms with van der Waals surface area (Å²) in [4.78, 5) is 26.5. The van der Waals surface area contributed by atoms with Crippen LogP contribution in [0, 0.1) is 12.8 Å². The van der Waals surface area contributed by atoms with Gasteiger partial charge >= 0.3 is 5.97 Å². The van der Waals surface area contributed by atoms with Gasteiger partial charge in [-0.15, -0.1) is 0 Å². The molecule has 1 aliphatic heterocycles. The number of rotatable bonds is 8. The van der Waals surface area contributed by atoms with Crippen LogP contribution in [0.3, 0.4) is 0 Å². The topological polar surface area (TPSA) is 131 Å². The summed E-state index contributed by atoms with van der Waals surface area (Å²) in [7, 11) is -0.801. The van der Waals surface area contributed by atoms with Gasteiger partial charge in [-0.2, -0.15) is 9.82 Å². The van der Waals surface area contributed by atoms with E-state index in [0.717, 1.165) is 16.8 Å². The summed E-state index contributed by atoms with van der Waals surface area (Å²) >= 11 is 0. The number of likely N-dealkylation sites (tertiary alicyclic amines) is 1. The lowest BCUT2D eigenvalue weighted by Crippen LogP contribution is -2.50. The molecule has 1 saturated heterocycles. The third kappa shape index (κ3) is 5.83. The van der Waals surface area contributed by atoms with Crippen LogP contribution in [0.4, 0.5) is 0 Å². The smallest absolute Gasteiger partial charge is 0.322 e. The first kappa shape index (κ1) is 26.4. The molecule has 0 spiro atoms. The minimum absolute atomic E-state index is 0.0183. The Bertz CT molecular complexity index is 1380. The van der Waals surface area contributed by atoms with Gasteiger partial charge in [0, 0.05) is 20.1 Å². The molecule has 0 radical (unpaired) electrons. The van der Waals surface area contributed by atoms with Crippen LogP contribution in [0.5, 0.6) is 5.75 Å². The number of hydrogen-bond acceptors (Lipinski definition) is 6. The van der Waals surface area contributed by atoms with Gasteiger partial charge in [-0.3, -0.25) is 14.3 Å². The summed E-state index contributed by atoms with van der Waals surface area (Å²) in [5.41, 5.74) is 2.91. The van der Waals surface area contributed by atoms with E-state index in [-0.39, 0.29) is 10.8 Å². The quantitative estimate of drug-likeness (QED) is 0.461. The molecular formula is C26H30N4O6S. The standard InChI is InChI=1S/C26H30N4O6S/c1-17-16-23(29(2)27-17)25(31)30-14-12-20(13-15-30)24(26(32)33)28-37(34,35)22-10-6-19(7-11-22)18-4-8-21(36-3)9-5-18/h4-11,16,20,24,28H,12-15H2,1-3H3,(H,32,33). The molecule has 0 bridgehead atoms. The highest BCUT2D eigenvalue weighted by atomic mass is 32.2. The van der Waals surface area contributed by atoms with Crippen molar-refractivity contribution in [3.8, 4) is 16.9 Å². The highest BCUT2D eigenvalue weighted by Gasteiger charge is 2.36. The Kier molecular flexibility index (Phi) is 7.65. The van der Waals surface area contributed by atoms with Gasteiger partial charge in [0.15, 0.2) is 0 Å². The molecule has 3 aromatic rings. The summed E-state index contributed by atoms with van der Waals surface area (Å²) < 4.78 is 35.2. The molecule has 2 N–H and O–H groups in total. The number of sulfonamides is 1. The van der Waals surface area contributed by atoms with E-state index in [1.54, 1.807) is 44.2 Å². The summed E-state index contributed by atoms with van der Waals surface area (Å²) in [6.07, 6.45) is 0.719. The number of amides is 1. The second-order valence-corrected chi connectivity index (χ2v) is 10.8. The zero-order valence-corrected chi connectivity index (χ0v) is 21.7. The number of nitrogens with zero attached hydrogens (tertiary/aromatic N) is 3. The number of ether oxygens (including phenoxy) is 1. The molecule has 1 unspecified atom stereocenters. The number of hydrogen-bond donors (Lipinski definition) is 2. The van der Waals surface area contributed by atoms with E-state index < -0.39 is 28.0 Å². The molecule has 1 fully saturated rings. The number of nitrogens with one attached hydrogen (secondary N) is 1. The largest absolute Gasteiger partial charge is 0.497 e. The molecule has 10 nitrogen and oxygen atoms in total. The lowest BCUT2D eigenvalue weighted by atomic mass is 9.90. The van der Waals surface area contributed by atoms with Crippen molar-refractivity contribution in [2.45, 2.75) is 30.7 Å². The third-order valence-corrected chi connectivity index (χ3v) is 8.11.